The Bertz CT molecular complexity index is 715. The van der Waals surface area contributed by atoms with Gasteiger partial charge in [-0.3, -0.25) is 10.6 Å². The number of halogens is 1. The fourth-order valence-corrected chi connectivity index (χ4v) is 2.70. The van der Waals surface area contributed by atoms with Gasteiger partial charge in [0.1, 0.15) is 5.82 Å². The molecule has 0 saturated heterocycles. The minimum absolute atomic E-state index is 0.0245. The van der Waals surface area contributed by atoms with Gasteiger partial charge in [0.05, 0.1) is 10.6 Å². The zero-order chi connectivity index (χ0) is 14.8. The maximum absolute atomic E-state index is 13.7. The normalized spacial score (nSPS) is 11.2. The molecular weight excluding hydrogens is 281 g/mol. The molecule has 2 aromatic rings. The van der Waals surface area contributed by atoms with Crippen molar-refractivity contribution >= 4 is 21.4 Å². The molecule has 0 heterocycles. The first-order valence-electron chi connectivity index (χ1n) is 5.78. The number of nitrogen functional groups attached to an aromatic ring is 1. The topological polar surface area (TPSA) is 84.2 Å². The summed E-state index contributed by atoms with van der Waals surface area (Å²) in [5.41, 5.74) is 3.60. The van der Waals surface area contributed by atoms with Crippen molar-refractivity contribution in [3.8, 4) is 0 Å². The molecule has 0 fully saturated rings. The number of hydrazine groups is 1. The third kappa shape index (κ3) is 3.06. The second-order valence-electron chi connectivity index (χ2n) is 4.26. The number of aryl methyl sites for hydroxylation is 1. The molecule has 7 heteroatoms. The lowest BCUT2D eigenvalue weighted by Crippen LogP contribution is -2.14. The number of rotatable bonds is 4. The minimum Gasteiger partial charge on any atom is -0.324 e. The summed E-state index contributed by atoms with van der Waals surface area (Å²) >= 11 is 0. The molecule has 0 atom stereocenters. The van der Waals surface area contributed by atoms with Gasteiger partial charge in [0.2, 0.25) is 0 Å². The van der Waals surface area contributed by atoms with Crippen LogP contribution in [0.2, 0.25) is 0 Å². The van der Waals surface area contributed by atoms with E-state index in [4.69, 9.17) is 5.84 Å². The van der Waals surface area contributed by atoms with E-state index in [1.807, 2.05) is 0 Å². The quantitative estimate of drug-likeness (QED) is 0.596. The van der Waals surface area contributed by atoms with Gasteiger partial charge in [-0.05, 0) is 48.9 Å². The average molecular weight is 295 g/mol. The van der Waals surface area contributed by atoms with Crippen LogP contribution in [0.4, 0.5) is 15.8 Å². The molecule has 0 aromatic heterocycles. The van der Waals surface area contributed by atoms with Crippen LogP contribution in [-0.4, -0.2) is 8.42 Å². The molecule has 2 rings (SSSR count). The van der Waals surface area contributed by atoms with E-state index in [0.29, 0.717) is 11.3 Å². The van der Waals surface area contributed by atoms with E-state index in [2.05, 4.69) is 10.1 Å². The maximum Gasteiger partial charge on any atom is 0.261 e. The van der Waals surface area contributed by atoms with E-state index in [1.165, 1.54) is 36.4 Å². The van der Waals surface area contributed by atoms with Crippen molar-refractivity contribution in [1.29, 1.82) is 0 Å². The highest BCUT2D eigenvalue weighted by molar-refractivity contribution is 7.92. The Hall–Kier alpha value is -2.12. The lowest BCUT2D eigenvalue weighted by molar-refractivity contribution is 0.598. The first-order valence-corrected chi connectivity index (χ1v) is 7.26. The molecule has 0 amide bonds. The summed E-state index contributed by atoms with van der Waals surface area (Å²) in [5, 5.41) is 0. The monoisotopic (exact) mass is 295 g/mol. The number of nitrogens with one attached hydrogen (secondary N) is 2. The summed E-state index contributed by atoms with van der Waals surface area (Å²) in [7, 11) is -3.83. The first kappa shape index (κ1) is 14.3. The third-order valence-electron chi connectivity index (χ3n) is 2.70. The summed E-state index contributed by atoms with van der Waals surface area (Å²) in [6.45, 7) is 1.72. The maximum atomic E-state index is 13.7. The van der Waals surface area contributed by atoms with Crippen LogP contribution < -0.4 is 16.0 Å². The number of hydrogen-bond acceptors (Lipinski definition) is 4. The average Bonchev–Trinajstić information content (AvgIpc) is 2.42. The molecule has 5 nitrogen and oxygen atoms in total. The number of sulfonamides is 1. The van der Waals surface area contributed by atoms with Crippen LogP contribution >= 0.6 is 0 Å². The second-order valence-corrected chi connectivity index (χ2v) is 5.94. The second kappa shape index (κ2) is 5.48. The Morgan fingerprint density at radius 1 is 1.10 bits per heavy atom. The number of anilines is 2. The number of nitrogens with two attached hydrogens (primary N) is 1. The molecule has 0 saturated carbocycles. The molecule has 0 spiro atoms. The predicted octanol–water partition coefficient (Wildman–Crippen LogP) is 2.22. The Labute approximate surface area is 116 Å². The molecule has 0 bridgehead atoms. The molecule has 4 N–H and O–H groups in total. The molecule has 0 radical (unpaired) electrons. The van der Waals surface area contributed by atoms with Gasteiger partial charge >= 0.3 is 0 Å². The molecule has 2 aromatic carbocycles. The highest BCUT2D eigenvalue weighted by Gasteiger charge is 2.16. The van der Waals surface area contributed by atoms with Crippen molar-refractivity contribution in [1.82, 2.24) is 0 Å². The van der Waals surface area contributed by atoms with Gasteiger partial charge in [-0.2, -0.15) is 0 Å². The van der Waals surface area contributed by atoms with Gasteiger partial charge in [0.25, 0.3) is 10.0 Å². The van der Waals surface area contributed by atoms with Gasteiger partial charge in [0, 0.05) is 5.69 Å². The first-order chi connectivity index (χ1) is 9.42. The number of benzene rings is 2. The van der Waals surface area contributed by atoms with Crippen molar-refractivity contribution in [2.75, 3.05) is 10.1 Å². The molecule has 0 aliphatic carbocycles. The highest BCUT2D eigenvalue weighted by atomic mass is 32.2. The van der Waals surface area contributed by atoms with Crippen molar-refractivity contribution in [2.24, 2.45) is 5.84 Å². The van der Waals surface area contributed by atoms with E-state index in [-0.39, 0.29) is 10.6 Å². The summed E-state index contributed by atoms with van der Waals surface area (Å²) in [6, 6.07) is 10.1. The van der Waals surface area contributed by atoms with Gasteiger partial charge in [-0.1, -0.05) is 6.07 Å². The third-order valence-corrected chi connectivity index (χ3v) is 4.08. The summed E-state index contributed by atoms with van der Waals surface area (Å²) < 4.78 is 40.1. The van der Waals surface area contributed by atoms with Gasteiger partial charge in [0.15, 0.2) is 0 Å². The van der Waals surface area contributed by atoms with Gasteiger partial charge < -0.3 is 5.43 Å². The lowest BCUT2D eigenvalue weighted by Gasteiger charge is -2.10. The van der Waals surface area contributed by atoms with Crippen LogP contribution in [0.15, 0.2) is 47.4 Å². The van der Waals surface area contributed by atoms with Crippen LogP contribution in [0.25, 0.3) is 0 Å². The van der Waals surface area contributed by atoms with Crippen LogP contribution in [0, 0.1) is 12.7 Å². The van der Waals surface area contributed by atoms with E-state index < -0.39 is 15.8 Å². The Kier molecular flexibility index (Phi) is 3.91. The highest BCUT2D eigenvalue weighted by Crippen LogP contribution is 2.21. The smallest absolute Gasteiger partial charge is 0.261 e. The van der Waals surface area contributed by atoms with Crippen LogP contribution in [-0.2, 0) is 10.0 Å². The van der Waals surface area contributed by atoms with Gasteiger partial charge in [-0.15, -0.1) is 0 Å². The van der Waals surface area contributed by atoms with Crippen molar-refractivity contribution < 1.29 is 12.8 Å². The van der Waals surface area contributed by atoms with E-state index in [1.54, 1.807) is 13.0 Å². The zero-order valence-corrected chi connectivity index (χ0v) is 11.5. The largest absolute Gasteiger partial charge is 0.324 e. The van der Waals surface area contributed by atoms with Crippen molar-refractivity contribution in [2.45, 2.75) is 11.8 Å². The fraction of sp³-hybridized carbons (Fsp3) is 0.0769. The molecule has 20 heavy (non-hydrogen) atoms. The summed E-state index contributed by atoms with van der Waals surface area (Å²) in [5.74, 6) is 4.59. The predicted molar refractivity (Wildman–Crippen MR) is 76.2 cm³/mol. The van der Waals surface area contributed by atoms with Crippen molar-refractivity contribution in [3.63, 3.8) is 0 Å². The molecule has 0 aliphatic rings. The zero-order valence-electron chi connectivity index (χ0n) is 10.7. The van der Waals surface area contributed by atoms with Crippen LogP contribution in [0.5, 0.6) is 0 Å². The molecule has 0 aliphatic heterocycles. The van der Waals surface area contributed by atoms with Crippen molar-refractivity contribution in [3.05, 3.63) is 53.8 Å². The van der Waals surface area contributed by atoms with Gasteiger partial charge in [-0.25, -0.2) is 12.8 Å². The lowest BCUT2D eigenvalue weighted by atomic mass is 10.2. The Morgan fingerprint density at radius 2 is 1.75 bits per heavy atom. The SMILES string of the molecule is Cc1ccc(NS(=O)(=O)c2ccc(NN)cc2)c(F)c1. The number of hydrogen-bond donors (Lipinski definition) is 3. The summed E-state index contributed by atoms with van der Waals surface area (Å²) in [6.07, 6.45) is 0. The van der Waals surface area contributed by atoms with E-state index in [9.17, 15) is 12.8 Å². The van der Waals surface area contributed by atoms with E-state index in [0.717, 1.165) is 0 Å². The van der Waals surface area contributed by atoms with Crippen LogP contribution in [0.3, 0.4) is 0 Å². The Balaban J connectivity index is 2.30. The molecule has 0 unspecified atom stereocenters. The standard InChI is InChI=1S/C13H14FN3O2S/c1-9-2-7-13(12(14)8-9)17-20(18,19)11-5-3-10(16-15)4-6-11/h2-8,16-17H,15H2,1H3. The molecule has 106 valence electrons. The summed E-state index contributed by atoms with van der Waals surface area (Å²) in [4.78, 5) is 0.0245. The minimum atomic E-state index is -3.83. The van der Waals surface area contributed by atoms with E-state index >= 15 is 0 Å². The fourth-order valence-electron chi connectivity index (χ4n) is 1.64. The van der Waals surface area contributed by atoms with Crippen LogP contribution in [0.1, 0.15) is 5.56 Å². The molecular formula is C13H14FN3O2S. The Morgan fingerprint density at radius 3 is 2.30 bits per heavy atom.